The number of hydrogen-bond acceptors (Lipinski definition) is 2. The first-order valence-corrected chi connectivity index (χ1v) is 6.11. The zero-order chi connectivity index (χ0) is 10.2. The van der Waals surface area contributed by atoms with Crippen LogP contribution in [0.1, 0.15) is 39.5 Å². The molecule has 2 nitrogen and oxygen atoms in total. The Morgan fingerprint density at radius 2 is 2.29 bits per heavy atom. The SMILES string of the molecule is CCC(C)C1(O)CCN2CCCC1C2. The molecule has 0 aromatic heterocycles. The maximum atomic E-state index is 10.7. The molecule has 2 aliphatic rings. The van der Waals surface area contributed by atoms with Crippen LogP contribution in [0.3, 0.4) is 0 Å². The van der Waals surface area contributed by atoms with Gasteiger partial charge in [0.25, 0.3) is 0 Å². The largest absolute Gasteiger partial charge is 0.389 e. The number of aliphatic hydroxyl groups is 1. The molecular formula is C12H23NO. The van der Waals surface area contributed by atoms with Crippen molar-refractivity contribution < 1.29 is 5.11 Å². The van der Waals surface area contributed by atoms with E-state index < -0.39 is 0 Å². The highest BCUT2D eigenvalue weighted by atomic mass is 16.3. The van der Waals surface area contributed by atoms with Gasteiger partial charge in [-0.05, 0) is 31.7 Å². The van der Waals surface area contributed by atoms with E-state index >= 15 is 0 Å². The summed E-state index contributed by atoms with van der Waals surface area (Å²) in [5.74, 6) is 1.01. The molecule has 2 fully saturated rings. The van der Waals surface area contributed by atoms with Crippen molar-refractivity contribution in [1.29, 1.82) is 0 Å². The van der Waals surface area contributed by atoms with E-state index in [0.29, 0.717) is 11.8 Å². The first-order valence-electron chi connectivity index (χ1n) is 6.11. The lowest BCUT2D eigenvalue weighted by atomic mass is 9.69. The molecule has 0 aromatic carbocycles. The molecule has 14 heavy (non-hydrogen) atoms. The molecule has 2 aliphatic heterocycles. The van der Waals surface area contributed by atoms with E-state index in [4.69, 9.17) is 0 Å². The van der Waals surface area contributed by atoms with E-state index in [-0.39, 0.29) is 5.60 Å². The molecule has 0 amide bonds. The van der Waals surface area contributed by atoms with E-state index in [1.54, 1.807) is 0 Å². The van der Waals surface area contributed by atoms with E-state index in [1.807, 2.05) is 0 Å². The number of hydrogen-bond donors (Lipinski definition) is 1. The summed E-state index contributed by atoms with van der Waals surface area (Å²) < 4.78 is 0. The summed E-state index contributed by atoms with van der Waals surface area (Å²) in [5, 5.41) is 10.7. The summed E-state index contributed by atoms with van der Waals surface area (Å²) in [7, 11) is 0. The molecular weight excluding hydrogens is 174 g/mol. The Balaban J connectivity index is 2.11. The summed E-state index contributed by atoms with van der Waals surface area (Å²) in [6.07, 6.45) is 4.61. The number of nitrogens with zero attached hydrogens (tertiary/aromatic N) is 1. The van der Waals surface area contributed by atoms with Gasteiger partial charge in [0.1, 0.15) is 0 Å². The quantitative estimate of drug-likeness (QED) is 0.730. The lowest BCUT2D eigenvalue weighted by Gasteiger charge is -2.50. The number of fused-ring (bicyclic) bond motifs is 2. The Bertz CT molecular complexity index is 206. The Morgan fingerprint density at radius 1 is 1.50 bits per heavy atom. The van der Waals surface area contributed by atoms with Crippen molar-refractivity contribution in [3.63, 3.8) is 0 Å². The monoisotopic (exact) mass is 197 g/mol. The van der Waals surface area contributed by atoms with Gasteiger partial charge in [-0.3, -0.25) is 0 Å². The van der Waals surface area contributed by atoms with Gasteiger partial charge in [0.2, 0.25) is 0 Å². The van der Waals surface area contributed by atoms with Crippen LogP contribution >= 0.6 is 0 Å². The van der Waals surface area contributed by atoms with Crippen molar-refractivity contribution in [3.8, 4) is 0 Å². The minimum atomic E-state index is -0.355. The van der Waals surface area contributed by atoms with Gasteiger partial charge in [0.05, 0.1) is 5.60 Å². The summed E-state index contributed by atoms with van der Waals surface area (Å²) in [4.78, 5) is 2.52. The van der Waals surface area contributed by atoms with Crippen LogP contribution in [0, 0.1) is 11.8 Å². The van der Waals surface area contributed by atoms with Crippen molar-refractivity contribution in [3.05, 3.63) is 0 Å². The van der Waals surface area contributed by atoms with Crippen LogP contribution in [0.5, 0.6) is 0 Å². The normalized spacial score (nSPS) is 44.8. The van der Waals surface area contributed by atoms with Crippen molar-refractivity contribution in [2.45, 2.75) is 45.1 Å². The average molecular weight is 197 g/mol. The van der Waals surface area contributed by atoms with Gasteiger partial charge < -0.3 is 10.0 Å². The molecule has 2 bridgehead atoms. The molecule has 2 rings (SSSR count). The topological polar surface area (TPSA) is 23.5 Å². The molecule has 0 aromatic rings. The third-order valence-corrected chi connectivity index (χ3v) is 4.51. The Morgan fingerprint density at radius 3 is 3.00 bits per heavy atom. The van der Waals surface area contributed by atoms with E-state index in [2.05, 4.69) is 18.7 Å². The molecule has 0 radical (unpaired) electrons. The molecule has 1 N–H and O–H groups in total. The lowest BCUT2D eigenvalue weighted by Crippen LogP contribution is -2.57. The first kappa shape index (κ1) is 10.4. The molecule has 2 heteroatoms. The predicted molar refractivity (Wildman–Crippen MR) is 58.2 cm³/mol. The first-order chi connectivity index (χ1) is 6.66. The van der Waals surface area contributed by atoms with Crippen LogP contribution in [0.15, 0.2) is 0 Å². The van der Waals surface area contributed by atoms with Gasteiger partial charge in [0, 0.05) is 19.0 Å². The molecule has 0 aliphatic carbocycles. The molecule has 4 unspecified atom stereocenters. The molecule has 2 heterocycles. The maximum absolute atomic E-state index is 10.7. The lowest BCUT2D eigenvalue weighted by molar-refractivity contribution is -0.124. The fraction of sp³-hybridized carbons (Fsp3) is 1.00. The zero-order valence-electron chi connectivity index (χ0n) is 9.50. The molecule has 0 spiro atoms. The van der Waals surface area contributed by atoms with Crippen LogP contribution in [0.25, 0.3) is 0 Å². The van der Waals surface area contributed by atoms with Crippen LogP contribution < -0.4 is 0 Å². The van der Waals surface area contributed by atoms with Crippen molar-refractivity contribution >= 4 is 0 Å². The Labute approximate surface area is 87.3 Å². The fourth-order valence-corrected chi connectivity index (χ4v) is 3.21. The van der Waals surface area contributed by atoms with Gasteiger partial charge in [-0.25, -0.2) is 0 Å². The summed E-state index contributed by atoms with van der Waals surface area (Å²) in [6.45, 7) is 7.91. The van der Waals surface area contributed by atoms with Gasteiger partial charge in [0.15, 0.2) is 0 Å². The van der Waals surface area contributed by atoms with E-state index in [1.165, 1.54) is 19.4 Å². The summed E-state index contributed by atoms with van der Waals surface area (Å²) >= 11 is 0. The van der Waals surface area contributed by atoms with Crippen molar-refractivity contribution in [2.24, 2.45) is 11.8 Å². The molecule has 2 saturated heterocycles. The highest BCUT2D eigenvalue weighted by Gasteiger charge is 2.45. The van der Waals surface area contributed by atoms with Gasteiger partial charge in [-0.15, -0.1) is 0 Å². The number of piperidine rings is 2. The minimum Gasteiger partial charge on any atom is -0.389 e. The van der Waals surface area contributed by atoms with Gasteiger partial charge >= 0.3 is 0 Å². The van der Waals surface area contributed by atoms with Crippen LogP contribution in [-0.4, -0.2) is 35.2 Å². The van der Waals surface area contributed by atoms with Crippen molar-refractivity contribution in [1.82, 2.24) is 4.90 Å². The molecule has 82 valence electrons. The zero-order valence-corrected chi connectivity index (χ0v) is 9.50. The average Bonchev–Trinajstić information content (AvgIpc) is 2.24. The fourth-order valence-electron chi connectivity index (χ4n) is 3.21. The summed E-state index contributed by atoms with van der Waals surface area (Å²) in [5.41, 5.74) is -0.355. The standard InChI is InChI=1S/C12H23NO/c1-3-10(2)12(14)6-8-13-7-4-5-11(12)9-13/h10-11,14H,3-9H2,1-2H3. The Hall–Kier alpha value is -0.0800. The smallest absolute Gasteiger partial charge is 0.0725 e. The van der Waals surface area contributed by atoms with Gasteiger partial charge in [-0.2, -0.15) is 0 Å². The highest BCUT2D eigenvalue weighted by molar-refractivity contribution is 4.98. The number of rotatable bonds is 2. The van der Waals surface area contributed by atoms with Crippen molar-refractivity contribution in [2.75, 3.05) is 19.6 Å². The minimum absolute atomic E-state index is 0.355. The van der Waals surface area contributed by atoms with Crippen LogP contribution in [-0.2, 0) is 0 Å². The van der Waals surface area contributed by atoms with Crippen LogP contribution in [0.2, 0.25) is 0 Å². The van der Waals surface area contributed by atoms with Gasteiger partial charge in [-0.1, -0.05) is 20.3 Å². The second-order valence-corrected chi connectivity index (χ2v) is 5.19. The highest BCUT2D eigenvalue weighted by Crippen LogP contribution is 2.40. The van der Waals surface area contributed by atoms with E-state index in [9.17, 15) is 5.11 Å². The summed E-state index contributed by atoms with van der Waals surface area (Å²) in [6, 6.07) is 0. The Kier molecular flexibility index (Phi) is 2.85. The second-order valence-electron chi connectivity index (χ2n) is 5.19. The second kappa shape index (κ2) is 3.82. The molecule has 0 saturated carbocycles. The van der Waals surface area contributed by atoms with E-state index in [0.717, 1.165) is 25.9 Å². The van der Waals surface area contributed by atoms with Crippen LogP contribution in [0.4, 0.5) is 0 Å². The third kappa shape index (κ3) is 1.59. The predicted octanol–water partition coefficient (Wildman–Crippen LogP) is 1.88. The third-order valence-electron chi connectivity index (χ3n) is 4.51. The maximum Gasteiger partial charge on any atom is 0.0725 e. The molecule has 4 atom stereocenters.